The maximum Gasteiger partial charge on any atom is 0.137 e. The number of hydrogen-bond acceptors (Lipinski definition) is 4. The van der Waals surface area contributed by atoms with Crippen molar-refractivity contribution in [1.82, 2.24) is 14.9 Å². The number of halogens is 1. The van der Waals surface area contributed by atoms with Gasteiger partial charge in [-0.25, -0.2) is 4.98 Å². The Balaban J connectivity index is 1.42. The van der Waals surface area contributed by atoms with Crippen molar-refractivity contribution in [3.05, 3.63) is 46.6 Å². The van der Waals surface area contributed by atoms with E-state index in [1.807, 2.05) is 18.3 Å². The third-order valence-electron chi connectivity index (χ3n) is 4.17. The molecule has 6 heteroatoms. The summed E-state index contributed by atoms with van der Waals surface area (Å²) in [5, 5.41) is 2.51. The van der Waals surface area contributed by atoms with E-state index in [0.29, 0.717) is 0 Å². The van der Waals surface area contributed by atoms with Gasteiger partial charge in [-0.1, -0.05) is 11.6 Å². The second-order valence-corrected chi connectivity index (χ2v) is 7.25. The van der Waals surface area contributed by atoms with Gasteiger partial charge in [0.15, 0.2) is 0 Å². The molecule has 4 heterocycles. The van der Waals surface area contributed by atoms with Gasteiger partial charge >= 0.3 is 0 Å². The molecule has 1 N–H and O–H groups in total. The molecule has 1 saturated heterocycles. The summed E-state index contributed by atoms with van der Waals surface area (Å²) in [4.78, 5) is 12.5. The number of rotatable bonds is 3. The summed E-state index contributed by atoms with van der Waals surface area (Å²) >= 11 is 7.69. The first kappa shape index (κ1) is 14.1. The van der Waals surface area contributed by atoms with Crippen LogP contribution in [0, 0.1) is 0 Å². The summed E-state index contributed by atoms with van der Waals surface area (Å²) in [5.74, 6) is 0. The fraction of sp³-hybridized carbons (Fsp3) is 0.312. The molecule has 114 valence electrons. The Kier molecular flexibility index (Phi) is 3.78. The number of nitrogens with zero attached hydrogens (tertiary/aromatic N) is 3. The first-order chi connectivity index (χ1) is 10.8. The SMILES string of the molecule is Clc1ccc(N2CCN(Cc3c[nH]c4ncccc34)CC2)s1. The van der Waals surface area contributed by atoms with E-state index in [2.05, 4.69) is 38.1 Å². The van der Waals surface area contributed by atoms with Gasteiger partial charge in [-0.05, 0) is 29.8 Å². The van der Waals surface area contributed by atoms with Crippen LogP contribution in [0.5, 0.6) is 0 Å². The molecule has 0 unspecified atom stereocenters. The number of pyridine rings is 1. The molecule has 22 heavy (non-hydrogen) atoms. The van der Waals surface area contributed by atoms with Gasteiger partial charge in [0, 0.05) is 50.5 Å². The molecule has 0 aliphatic carbocycles. The molecule has 4 nitrogen and oxygen atoms in total. The van der Waals surface area contributed by atoms with E-state index in [1.54, 1.807) is 11.3 Å². The number of aromatic nitrogens is 2. The van der Waals surface area contributed by atoms with Crippen molar-refractivity contribution in [2.24, 2.45) is 0 Å². The van der Waals surface area contributed by atoms with Crippen molar-refractivity contribution in [2.45, 2.75) is 6.54 Å². The molecule has 1 fully saturated rings. The number of fused-ring (bicyclic) bond motifs is 1. The van der Waals surface area contributed by atoms with Crippen LogP contribution in [-0.2, 0) is 6.54 Å². The largest absolute Gasteiger partial charge is 0.361 e. The summed E-state index contributed by atoms with van der Waals surface area (Å²) in [6.45, 7) is 5.23. The molecule has 0 amide bonds. The highest BCUT2D eigenvalue weighted by molar-refractivity contribution is 7.19. The molecule has 3 aromatic heterocycles. The van der Waals surface area contributed by atoms with Gasteiger partial charge in [-0.15, -0.1) is 11.3 Å². The van der Waals surface area contributed by atoms with Crippen LogP contribution in [0.2, 0.25) is 4.34 Å². The standard InChI is InChI=1S/C16H17ClN4S/c17-14-3-4-15(22-14)21-8-6-20(7-9-21)11-12-10-19-16-13(12)2-1-5-18-16/h1-5,10H,6-9,11H2,(H,18,19). The van der Waals surface area contributed by atoms with Gasteiger partial charge in [0.1, 0.15) is 5.65 Å². The molecule has 0 bridgehead atoms. The average molecular weight is 333 g/mol. The fourth-order valence-corrected chi connectivity index (χ4v) is 4.07. The minimum Gasteiger partial charge on any atom is -0.361 e. The van der Waals surface area contributed by atoms with E-state index >= 15 is 0 Å². The van der Waals surface area contributed by atoms with Gasteiger partial charge in [0.05, 0.1) is 9.34 Å². The molecule has 1 aliphatic heterocycles. The van der Waals surface area contributed by atoms with Crippen molar-refractivity contribution >= 4 is 39.0 Å². The minimum absolute atomic E-state index is 0.865. The van der Waals surface area contributed by atoms with Crippen LogP contribution >= 0.6 is 22.9 Å². The van der Waals surface area contributed by atoms with Crippen molar-refractivity contribution in [3.63, 3.8) is 0 Å². The Bertz CT molecular complexity index is 773. The molecule has 0 radical (unpaired) electrons. The summed E-state index contributed by atoms with van der Waals surface area (Å²) in [5.41, 5.74) is 2.31. The third kappa shape index (κ3) is 2.72. The maximum atomic E-state index is 6.03. The van der Waals surface area contributed by atoms with Gasteiger partial charge in [0.2, 0.25) is 0 Å². The van der Waals surface area contributed by atoms with E-state index in [9.17, 15) is 0 Å². The Morgan fingerprint density at radius 1 is 1.18 bits per heavy atom. The molecule has 3 aromatic rings. The predicted octanol–water partition coefficient (Wildman–Crippen LogP) is 3.60. The van der Waals surface area contributed by atoms with Crippen LogP contribution in [0.1, 0.15) is 5.56 Å². The number of anilines is 1. The number of H-pyrrole nitrogens is 1. The Morgan fingerprint density at radius 2 is 2.05 bits per heavy atom. The Morgan fingerprint density at radius 3 is 2.82 bits per heavy atom. The molecular weight excluding hydrogens is 316 g/mol. The lowest BCUT2D eigenvalue weighted by Crippen LogP contribution is -2.45. The maximum absolute atomic E-state index is 6.03. The molecule has 0 saturated carbocycles. The van der Waals surface area contributed by atoms with Crippen molar-refractivity contribution in [1.29, 1.82) is 0 Å². The Hall–Kier alpha value is -1.56. The van der Waals surface area contributed by atoms with E-state index in [1.165, 1.54) is 16.0 Å². The predicted molar refractivity (Wildman–Crippen MR) is 92.9 cm³/mol. The molecular formula is C16H17ClN4S. The third-order valence-corrected chi connectivity index (χ3v) is 5.47. The lowest BCUT2D eigenvalue weighted by atomic mass is 10.2. The normalized spacial score (nSPS) is 16.5. The first-order valence-electron chi connectivity index (χ1n) is 7.43. The second-order valence-electron chi connectivity index (χ2n) is 5.55. The quantitative estimate of drug-likeness (QED) is 0.796. The number of nitrogens with one attached hydrogen (secondary N) is 1. The molecule has 0 spiro atoms. The van der Waals surface area contributed by atoms with Crippen LogP contribution in [-0.4, -0.2) is 41.0 Å². The van der Waals surface area contributed by atoms with Crippen molar-refractivity contribution < 1.29 is 0 Å². The summed E-state index contributed by atoms with van der Waals surface area (Å²) in [7, 11) is 0. The smallest absolute Gasteiger partial charge is 0.137 e. The highest BCUT2D eigenvalue weighted by Gasteiger charge is 2.19. The zero-order valence-corrected chi connectivity index (χ0v) is 13.7. The van der Waals surface area contributed by atoms with Crippen LogP contribution in [0.3, 0.4) is 0 Å². The highest BCUT2D eigenvalue weighted by atomic mass is 35.5. The molecule has 0 aromatic carbocycles. The lowest BCUT2D eigenvalue weighted by Gasteiger charge is -2.35. The number of piperazine rings is 1. The zero-order valence-electron chi connectivity index (χ0n) is 12.1. The Labute approximate surface area is 138 Å². The van der Waals surface area contributed by atoms with Crippen molar-refractivity contribution in [3.8, 4) is 0 Å². The van der Waals surface area contributed by atoms with Gasteiger partial charge in [-0.2, -0.15) is 0 Å². The monoisotopic (exact) mass is 332 g/mol. The van der Waals surface area contributed by atoms with E-state index in [0.717, 1.165) is 42.7 Å². The number of hydrogen-bond donors (Lipinski definition) is 1. The van der Waals surface area contributed by atoms with Gasteiger partial charge < -0.3 is 9.88 Å². The van der Waals surface area contributed by atoms with Crippen LogP contribution in [0.4, 0.5) is 5.00 Å². The number of thiophene rings is 1. The summed E-state index contributed by atoms with van der Waals surface area (Å²) in [6.07, 6.45) is 3.91. The summed E-state index contributed by atoms with van der Waals surface area (Å²) in [6, 6.07) is 8.23. The summed E-state index contributed by atoms with van der Waals surface area (Å²) < 4.78 is 0.865. The molecule has 0 atom stereocenters. The zero-order chi connectivity index (χ0) is 14.9. The fourth-order valence-electron chi connectivity index (χ4n) is 2.99. The topological polar surface area (TPSA) is 35.2 Å². The van der Waals surface area contributed by atoms with E-state index in [4.69, 9.17) is 11.6 Å². The van der Waals surface area contributed by atoms with Crippen molar-refractivity contribution in [2.75, 3.05) is 31.1 Å². The lowest BCUT2D eigenvalue weighted by molar-refractivity contribution is 0.251. The van der Waals surface area contributed by atoms with Gasteiger partial charge in [-0.3, -0.25) is 4.90 Å². The number of aromatic amines is 1. The second kappa shape index (κ2) is 5.91. The van der Waals surface area contributed by atoms with Crippen LogP contribution in [0.15, 0.2) is 36.7 Å². The molecule has 4 rings (SSSR count). The molecule has 1 aliphatic rings. The van der Waals surface area contributed by atoms with Crippen LogP contribution < -0.4 is 4.90 Å². The van der Waals surface area contributed by atoms with Gasteiger partial charge in [0.25, 0.3) is 0 Å². The van der Waals surface area contributed by atoms with E-state index in [-0.39, 0.29) is 0 Å². The highest BCUT2D eigenvalue weighted by Crippen LogP contribution is 2.30. The first-order valence-corrected chi connectivity index (χ1v) is 8.63. The van der Waals surface area contributed by atoms with Crippen LogP contribution in [0.25, 0.3) is 11.0 Å². The average Bonchev–Trinajstić information content (AvgIpc) is 3.15. The minimum atomic E-state index is 0.865. The van der Waals surface area contributed by atoms with E-state index < -0.39 is 0 Å².